The van der Waals surface area contributed by atoms with Gasteiger partial charge in [-0.3, -0.25) is 4.90 Å². The molecule has 2 amide bonds. The van der Waals surface area contributed by atoms with Crippen LogP contribution in [-0.2, 0) is 12.8 Å². The Labute approximate surface area is 206 Å². The van der Waals surface area contributed by atoms with E-state index >= 15 is 0 Å². The second kappa shape index (κ2) is 8.71. The van der Waals surface area contributed by atoms with Crippen LogP contribution < -0.4 is 10.2 Å². The number of hydrogen-bond acceptors (Lipinski definition) is 4. The van der Waals surface area contributed by atoms with E-state index in [1.54, 1.807) is 29.2 Å². The van der Waals surface area contributed by atoms with Gasteiger partial charge in [0.15, 0.2) is 0 Å². The maximum atomic E-state index is 13.7. The predicted octanol–water partition coefficient (Wildman–Crippen LogP) is 6.21. The van der Waals surface area contributed by atoms with Crippen LogP contribution in [0.15, 0.2) is 77.0 Å². The van der Waals surface area contributed by atoms with Gasteiger partial charge in [0.1, 0.15) is 11.6 Å². The molecule has 0 bridgehead atoms. The second-order valence-corrected chi connectivity index (χ2v) is 9.01. The molecule has 0 saturated heterocycles. The van der Waals surface area contributed by atoms with Crippen LogP contribution in [0.25, 0.3) is 17.0 Å². The first kappa shape index (κ1) is 22.2. The van der Waals surface area contributed by atoms with Crippen LogP contribution >= 0.6 is 0 Å². The van der Waals surface area contributed by atoms with Crippen molar-refractivity contribution in [3.8, 4) is 11.4 Å². The lowest BCUT2D eigenvalue weighted by Crippen LogP contribution is -2.46. The van der Waals surface area contributed by atoms with Crippen molar-refractivity contribution in [2.24, 2.45) is 0 Å². The lowest BCUT2D eigenvalue weighted by atomic mass is 9.94. The lowest BCUT2D eigenvalue weighted by molar-refractivity contribution is 0.244. The SMILES string of the molecule is CC1=C(c2nc(-c3ccc(F)cc3)no2)C(c2ccc(F)cc2)NC(=O)N1c1ccc2c(c1)CCC2. The van der Waals surface area contributed by atoms with Crippen LogP contribution in [0, 0.1) is 11.6 Å². The number of amides is 2. The highest BCUT2D eigenvalue weighted by Crippen LogP contribution is 2.40. The molecule has 1 N–H and O–H groups in total. The number of carbonyl (C=O) groups is 1. The van der Waals surface area contributed by atoms with E-state index in [1.165, 1.54) is 35.4 Å². The quantitative estimate of drug-likeness (QED) is 0.374. The minimum absolute atomic E-state index is 0.215. The molecule has 1 unspecified atom stereocenters. The fourth-order valence-corrected chi connectivity index (χ4v) is 4.98. The van der Waals surface area contributed by atoms with E-state index in [0.717, 1.165) is 24.9 Å². The molecular weight excluding hydrogens is 462 g/mol. The molecule has 36 heavy (non-hydrogen) atoms. The molecule has 2 aliphatic rings. The number of nitrogens with one attached hydrogen (secondary N) is 1. The summed E-state index contributed by atoms with van der Waals surface area (Å²) in [6.07, 6.45) is 3.13. The number of aromatic nitrogens is 2. The number of hydrogen-bond donors (Lipinski definition) is 1. The number of anilines is 1. The van der Waals surface area contributed by atoms with Crippen molar-refractivity contribution < 1.29 is 18.1 Å². The number of allylic oxidation sites excluding steroid dienone is 1. The normalized spacial score (nSPS) is 17.4. The average molecular weight is 485 g/mol. The Kier molecular flexibility index (Phi) is 5.36. The Bertz CT molecular complexity index is 1490. The second-order valence-electron chi connectivity index (χ2n) is 9.01. The maximum absolute atomic E-state index is 13.7. The van der Waals surface area contributed by atoms with E-state index in [4.69, 9.17) is 4.52 Å². The average Bonchev–Trinajstić information content (AvgIpc) is 3.54. The lowest BCUT2D eigenvalue weighted by Gasteiger charge is -2.35. The van der Waals surface area contributed by atoms with Crippen LogP contribution in [0.3, 0.4) is 0 Å². The van der Waals surface area contributed by atoms with Crippen molar-refractivity contribution in [1.29, 1.82) is 0 Å². The molecule has 8 heteroatoms. The first-order valence-electron chi connectivity index (χ1n) is 11.8. The van der Waals surface area contributed by atoms with E-state index in [-0.39, 0.29) is 23.6 Å². The number of rotatable bonds is 4. The predicted molar refractivity (Wildman–Crippen MR) is 131 cm³/mol. The topological polar surface area (TPSA) is 71.3 Å². The molecule has 3 aromatic carbocycles. The Hall–Kier alpha value is -4.33. The highest BCUT2D eigenvalue weighted by Gasteiger charge is 2.36. The molecule has 180 valence electrons. The van der Waals surface area contributed by atoms with E-state index in [0.29, 0.717) is 28.2 Å². The van der Waals surface area contributed by atoms with Gasteiger partial charge in [0.05, 0.1) is 17.3 Å². The van der Waals surface area contributed by atoms with Crippen LogP contribution in [0.5, 0.6) is 0 Å². The van der Waals surface area contributed by atoms with Gasteiger partial charge < -0.3 is 9.84 Å². The summed E-state index contributed by atoms with van der Waals surface area (Å²) in [7, 11) is 0. The van der Waals surface area contributed by atoms with E-state index in [9.17, 15) is 13.6 Å². The molecular formula is C28H22F2N4O2. The Morgan fingerprint density at radius 1 is 0.944 bits per heavy atom. The zero-order chi connectivity index (χ0) is 24.8. The molecule has 6 nitrogen and oxygen atoms in total. The molecule has 2 heterocycles. The number of benzene rings is 3. The molecule has 4 aromatic rings. The fourth-order valence-electron chi connectivity index (χ4n) is 4.98. The molecule has 1 atom stereocenters. The number of halogens is 2. The standard InChI is InChI=1S/C28H22F2N4O2/c1-16-24(27-32-26(33-36-27)19-7-12-22(30)13-8-19)25(18-5-10-21(29)11-6-18)31-28(35)34(16)23-14-9-17-3-2-4-20(17)15-23/h5-15,25H,2-4H2,1H3,(H,31,35). The molecule has 0 spiro atoms. The number of nitrogens with zero attached hydrogens (tertiary/aromatic N) is 3. The monoisotopic (exact) mass is 484 g/mol. The first-order valence-corrected chi connectivity index (χ1v) is 11.8. The summed E-state index contributed by atoms with van der Waals surface area (Å²) in [5.41, 5.74) is 5.80. The van der Waals surface area contributed by atoms with Gasteiger partial charge in [-0.05, 0) is 91.4 Å². The van der Waals surface area contributed by atoms with Gasteiger partial charge in [-0.2, -0.15) is 4.98 Å². The van der Waals surface area contributed by atoms with Crippen molar-refractivity contribution in [1.82, 2.24) is 15.5 Å². The molecule has 1 aliphatic heterocycles. The van der Waals surface area contributed by atoms with E-state index in [1.807, 2.05) is 13.0 Å². The maximum Gasteiger partial charge on any atom is 0.326 e. The van der Waals surface area contributed by atoms with Crippen LogP contribution in [0.2, 0.25) is 0 Å². The Morgan fingerprint density at radius 2 is 1.64 bits per heavy atom. The third-order valence-corrected chi connectivity index (χ3v) is 6.79. The number of carbonyl (C=O) groups excluding carboxylic acids is 1. The van der Waals surface area contributed by atoms with Crippen molar-refractivity contribution in [2.45, 2.75) is 32.2 Å². The molecule has 0 radical (unpaired) electrons. The van der Waals surface area contributed by atoms with Gasteiger partial charge in [0, 0.05) is 11.3 Å². The third kappa shape index (κ3) is 3.84. The minimum atomic E-state index is -0.634. The Morgan fingerprint density at radius 3 is 2.39 bits per heavy atom. The van der Waals surface area contributed by atoms with Gasteiger partial charge >= 0.3 is 6.03 Å². The first-order chi connectivity index (χ1) is 17.5. The summed E-state index contributed by atoms with van der Waals surface area (Å²) < 4.78 is 32.7. The molecule has 1 aromatic heterocycles. The summed E-state index contributed by atoms with van der Waals surface area (Å²) in [4.78, 5) is 19.6. The van der Waals surface area contributed by atoms with Gasteiger partial charge in [-0.25, -0.2) is 13.6 Å². The number of aryl methyl sites for hydroxylation is 2. The summed E-state index contributed by atoms with van der Waals surface area (Å²) in [6.45, 7) is 1.83. The fraction of sp³-hybridized carbons (Fsp3) is 0.179. The van der Waals surface area contributed by atoms with Crippen molar-refractivity contribution in [3.63, 3.8) is 0 Å². The van der Waals surface area contributed by atoms with Crippen LogP contribution in [0.1, 0.15) is 42.0 Å². The van der Waals surface area contributed by atoms with Gasteiger partial charge in [-0.1, -0.05) is 23.4 Å². The Balaban J connectivity index is 1.48. The largest absolute Gasteiger partial charge is 0.334 e. The number of fused-ring (bicyclic) bond motifs is 1. The van der Waals surface area contributed by atoms with Crippen LogP contribution in [-0.4, -0.2) is 16.2 Å². The zero-order valence-electron chi connectivity index (χ0n) is 19.5. The summed E-state index contributed by atoms with van der Waals surface area (Å²) in [6, 6.07) is 16.9. The molecule has 0 saturated carbocycles. The van der Waals surface area contributed by atoms with Crippen molar-refractivity contribution in [3.05, 3.63) is 107 Å². The van der Waals surface area contributed by atoms with Gasteiger partial charge in [-0.15, -0.1) is 0 Å². The molecule has 1 aliphatic carbocycles. The summed E-state index contributed by atoms with van der Waals surface area (Å²) >= 11 is 0. The van der Waals surface area contributed by atoms with E-state index in [2.05, 4.69) is 27.6 Å². The van der Waals surface area contributed by atoms with E-state index < -0.39 is 6.04 Å². The molecule has 0 fully saturated rings. The highest BCUT2D eigenvalue weighted by atomic mass is 19.1. The van der Waals surface area contributed by atoms with Crippen molar-refractivity contribution >= 4 is 17.3 Å². The zero-order valence-corrected chi connectivity index (χ0v) is 19.5. The third-order valence-electron chi connectivity index (χ3n) is 6.79. The molecule has 6 rings (SSSR count). The minimum Gasteiger partial charge on any atom is -0.334 e. The highest BCUT2D eigenvalue weighted by molar-refractivity contribution is 6.01. The van der Waals surface area contributed by atoms with Gasteiger partial charge in [0.25, 0.3) is 5.89 Å². The number of urea groups is 1. The smallest absolute Gasteiger partial charge is 0.326 e. The van der Waals surface area contributed by atoms with Gasteiger partial charge in [0.2, 0.25) is 5.82 Å². The van der Waals surface area contributed by atoms with Crippen LogP contribution in [0.4, 0.5) is 19.3 Å². The summed E-state index contributed by atoms with van der Waals surface area (Å²) in [5, 5.41) is 7.13. The summed E-state index contributed by atoms with van der Waals surface area (Å²) in [5.74, 6) is -0.229. The van der Waals surface area contributed by atoms with Crippen molar-refractivity contribution in [2.75, 3.05) is 4.90 Å².